The molecule has 200 valence electrons. The molecule has 10 nitrogen and oxygen atoms in total. The number of furan rings is 1. The minimum absolute atomic E-state index is 0.000615. The normalized spacial score (nSPS) is 17.6. The van der Waals surface area contributed by atoms with E-state index in [1.165, 1.54) is 10.9 Å². The fraction of sp³-hybridized carbons (Fsp3) is 0.407. The molecule has 1 saturated heterocycles. The van der Waals surface area contributed by atoms with Gasteiger partial charge < -0.3 is 18.5 Å². The number of aromatic nitrogens is 4. The summed E-state index contributed by atoms with van der Waals surface area (Å²) in [5.74, 6) is -0.409. The SMILES string of the molecule is CCOC(=O)N(c1c(C(=O)c2cnn(C)c2)oc2c(Cl)cc(-c3cn(C)cn3)cc12)C1CCOC(CC)C1. The number of aryl methyl sites for hydroxylation is 2. The van der Waals surface area contributed by atoms with Gasteiger partial charge in [0.05, 0.1) is 41.5 Å². The highest BCUT2D eigenvalue weighted by atomic mass is 35.5. The molecule has 4 aromatic rings. The third-order valence-electron chi connectivity index (χ3n) is 6.76. The first-order valence-corrected chi connectivity index (χ1v) is 13.0. The van der Waals surface area contributed by atoms with Crippen LogP contribution in [0.2, 0.25) is 5.02 Å². The second-order valence-corrected chi connectivity index (χ2v) is 9.83. The van der Waals surface area contributed by atoms with Crippen LogP contribution in [0, 0.1) is 0 Å². The average Bonchev–Trinajstić information content (AvgIpc) is 3.63. The summed E-state index contributed by atoms with van der Waals surface area (Å²) in [5, 5.41) is 4.97. The number of ketones is 1. The molecule has 5 rings (SSSR count). The molecule has 0 radical (unpaired) electrons. The summed E-state index contributed by atoms with van der Waals surface area (Å²) in [6.45, 7) is 4.46. The average molecular weight is 540 g/mol. The second kappa shape index (κ2) is 10.6. The second-order valence-electron chi connectivity index (χ2n) is 9.42. The van der Waals surface area contributed by atoms with Gasteiger partial charge in [-0.25, -0.2) is 9.78 Å². The van der Waals surface area contributed by atoms with Gasteiger partial charge >= 0.3 is 6.09 Å². The molecular formula is C27H30ClN5O5. The van der Waals surface area contributed by atoms with Crippen LogP contribution in [-0.2, 0) is 23.6 Å². The minimum Gasteiger partial charge on any atom is -0.449 e. The van der Waals surface area contributed by atoms with E-state index in [4.69, 9.17) is 25.5 Å². The molecule has 1 fully saturated rings. The Hall–Kier alpha value is -3.63. The van der Waals surface area contributed by atoms with Gasteiger partial charge in [0, 0.05) is 50.1 Å². The summed E-state index contributed by atoms with van der Waals surface area (Å²) in [6, 6.07) is 3.32. The highest BCUT2D eigenvalue weighted by molar-refractivity contribution is 6.36. The zero-order valence-electron chi connectivity index (χ0n) is 21.8. The zero-order chi connectivity index (χ0) is 27.0. The largest absolute Gasteiger partial charge is 0.449 e. The quantitative estimate of drug-likeness (QED) is 0.291. The first-order valence-electron chi connectivity index (χ1n) is 12.7. The van der Waals surface area contributed by atoms with E-state index in [9.17, 15) is 9.59 Å². The third kappa shape index (κ3) is 4.81. The lowest BCUT2D eigenvalue weighted by Gasteiger charge is -2.36. The zero-order valence-corrected chi connectivity index (χ0v) is 22.6. The van der Waals surface area contributed by atoms with Crippen LogP contribution in [0.15, 0.2) is 41.5 Å². The van der Waals surface area contributed by atoms with Gasteiger partial charge in [0.25, 0.3) is 0 Å². The van der Waals surface area contributed by atoms with Crippen molar-refractivity contribution in [2.75, 3.05) is 18.1 Å². The standard InChI is InChI=1S/C27H30ClN5O5/c1-5-19-11-18(7-8-37-19)33(27(35)36-6-2)23-20-9-16(22-14-31(3)15-29-22)10-21(28)25(20)38-26(23)24(34)17-12-30-32(4)13-17/h9-10,12-15,18-19H,5-8,11H2,1-4H3. The number of rotatable bonds is 7. The number of fused-ring (bicyclic) bond motifs is 1. The Kier molecular flexibility index (Phi) is 7.27. The van der Waals surface area contributed by atoms with Crippen LogP contribution in [0.5, 0.6) is 0 Å². The Balaban J connectivity index is 1.76. The lowest BCUT2D eigenvalue weighted by molar-refractivity contribution is 0.00468. The Morgan fingerprint density at radius 2 is 2.05 bits per heavy atom. The van der Waals surface area contributed by atoms with E-state index in [2.05, 4.69) is 10.1 Å². The minimum atomic E-state index is -0.559. The Morgan fingerprint density at radius 3 is 2.71 bits per heavy atom. The van der Waals surface area contributed by atoms with Gasteiger partial charge in [-0.1, -0.05) is 18.5 Å². The van der Waals surface area contributed by atoms with Crippen LogP contribution < -0.4 is 4.90 Å². The molecule has 0 saturated carbocycles. The van der Waals surface area contributed by atoms with Crippen molar-refractivity contribution < 1.29 is 23.5 Å². The van der Waals surface area contributed by atoms with Gasteiger partial charge in [-0.05, 0) is 38.3 Å². The lowest BCUT2D eigenvalue weighted by atomic mass is 9.98. The fourth-order valence-corrected chi connectivity index (χ4v) is 5.17. The molecule has 0 bridgehead atoms. The molecule has 0 aliphatic carbocycles. The molecule has 3 aromatic heterocycles. The third-order valence-corrected chi connectivity index (χ3v) is 7.04. The van der Waals surface area contributed by atoms with Crippen LogP contribution in [0.25, 0.3) is 22.2 Å². The Morgan fingerprint density at radius 1 is 1.24 bits per heavy atom. The van der Waals surface area contributed by atoms with Gasteiger partial charge in [-0.3, -0.25) is 14.4 Å². The molecule has 1 aliphatic rings. The molecule has 11 heteroatoms. The number of hydrogen-bond donors (Lipinski definition) is 0. The number of hydrogen-bond acceptors (Lipinski definition) is 7. The fourth-order valence-electron chi connectivity index (χ4n) is 4.91. The van der Waals surface area contributed by atoms with E-state index in [0.717, 1.165) is 12.0 Å². The molecule has 1 aliphatic heterocycles. The highest BCUT2D eigenvalue weighted by Crippen LogP contribution is 2.43. The lowest BCUT2D eigenvalue weighted by Crippen LogP contribution is -2.46. The van der Waals surface area contributed by atoms with Crippen LogP contribution in [0.1, 0.15) is 49.2 Å². The van der Waals surface area contributed by atoms with Crippen molar-refractivity contribution in [3.8, 4) is 11.3 Å². The number of nitrogens with zero attached hydrogens (tertiary/aromatic N) is 5. The number of halogens is 1. The van der Waals surface area contributed by atoms with Crippen LogP contribution in [0.3, 0.4) is 0 Å². The molecule has 2 atom stereocenters. The number of benzene rings is 1. The van der Waals surface area contributed by atoms with Crippen molar-refractivity contribution in [2.45, 2.75) is 45.3 Å². The number of ether oxygens (including phenoxy) is 2. The van der Waals surface area contributed by atoms with E-state index >= 15 is 0 Å². The molecule has 0 spiro atoms. The van der Waals surface area contributed by atoms with Crippen LogP contribution in [-0.4, -0.2) is 56.6 Å². The van der Waals surface area contributed by atoms with Gasteiger partial charge in [-0.2, -0.15) is 5.10 Å². The summed E-state index contributed by atoms with van der Waals surface area (Å²) in [5.41, 5.74) is 2.39. The molecule has 2 unspecified atom stereocenters. The number of carbonyl (C=O) groups excluding carboxylic acids is 2. The Bertz CT molecular complexity index is 1490. The van der Waals surface area contributed by atoms with Gasteiger partial charge in [0.1, 0.15) is 5.69 Å². The van der Waals surface area contributed by atoms with Gasteiger partial charge in [0.15, 0.2) is 11.3 Å². The van der Waals surface area contributed by atoms with E-state index < -0.39 is 11.9 Å². The van der Waals surface area contributed by atoms with Crippen LogP contribution in [0.4, 0.5) is 10.5 Å². The molecule has 0 N–H and O–H groups in total. The van der Waals surface area contributed by atoms with Gasteiger partial charge in [0.2, 0.25) is 5.78 Å². The van der Waals surface area contributed by atoms with Crippen molar-refractivity contribution in [2.24, 2.45) is 14.1 Å². The maximum Gasteiger partial charge on any atom is 0.414 e. The summed E-state index contributed by atoms with van der Waals surface area (Å²) >= 11 is 6.73. The molecule has 4 heterocycles. The van der Waals surface area contributed by atoms with Crippen molar-refractivity contribution in [1.82, 2.24) is 19.3 Å². The number of imidazole rings is 1. The van der Waals surface area contributed by atoms with Crippen molar-refractivity contribution in [3.63, 3.8) is 0 Å². The van der Waals surface area contributed by atoms with Crippen molar-refractivity contribution >= 4 is 40.1 Å². The number of anilines is 1. The topological polar surface area (TPSA) is 105 Å². The summed E-state index contributed by atoms with van der Waals surface area (Å²) < 4.78 is 21.0. The van der Waals surface area contributed by atoms with E-state index in [1.807, 2.05) is 30.8 Å². The predicted molar refractivity (Wildman–Crippen MR) is 143 cm³/mol. The van der Waals surface area contributed by atoms with Crippen LogP contribution >= 0.6 is 11.6 Å². The van der Waals surface area contributed by atoms with Crippen molar-refractivity contribution in [1.29, 1.82) is 0 Å². The summed E-state index contributed by atoms with van der Waals surface area (Å²) in [7, 11) is 3.60. The Labute approximate surface area is 225 Å². The van der Waals surface area contributed by atoms with Gasteiger partial charge in [-0.15, -0.1) is 0 Å². The maximum absolute atomic E-state index is 13.8. The first kappa shape index (κ1) is 26.0. The summed E-state index contributed by atoms with van der Waals surface area (Å²) in [6.07, 6.45) is 8.03. The van der Waals surface area contributed by atoms with E-state index in [1.54, 1.807) is 37.5 Å². The molecular weight excluding hydrogens is 510 g/mol. The smallest absolute Gasteiger partial charge is 0.414 e. The number of carbonyl (C=O) groups is 2. The summed E-state index contributed by atoms with van der Waals surface area (Å²) in [4.78, 5) is 33.4. The van der Waals surface area contributed by atoms with E-state index in [0.29, 0.717) is 52.4 Å². The highest BCUT2D eigenvalue weighted by Gasteiger charge is 2.38. The molecule has 1 aromatic carbocycles. The maximum atomic E-state index is 13.8. The number of amides is 1. The molecule has 38 heavy (non-hydrogen) atoms. The monoisotopic (exact) mass is 539 g/mol. The van der Waals surface area contributed by atoms with E-state index in [-0.39, 0.29) is 24.5 Å². The molecule has 1 amide bonds. The predicted octanol–water partition coefficient (Wildman–Crippen LogP) is 5.37. The first-order chi connectivity index (χ1) is 18.3. The van der Waals surface area contributed by atoms with Crippen molar-refractivity contribution in [3.05, 3.63) is 53.4 Å².